The first-order valence-corrected chi connectivity index (χ1v) is 1.57. The lowest BCUT2D eigenvalue weighted by Crippen LogP contribution is -1.74. The maximum Gasteiger partial charge on any atom is 0.0689 e. The lowest BCUT2D eigenvalue weighted by atomic mass is 10.9. The maximum atomic E-state index is 8.25. The largest absolute Gasteiger partial charge is 0.397 e. The number of nitrogens with zero attached hydrogens (tertiary/aromatic N) is 1. The molecule has 5 nitrogen and oxygen atoms in total. The van der Waals surface area contributed by atoms with Crippen molar-refractivity contribution < 1.29 is 10.2 Å². The first-order valence-electron chi connectivity index (χ1n) is 1.57. The second-order valence-electron chi connectivity index (χ2n) is 0.540. The minimum absolute atomic E-state index is 0.250. The number of hydrogen-bond donors (Lipinski definition) is 1. The molecule has 0 aliphatic carbocycles. The fraction of sp³-hybridized carbons (Fsp3) is 1.00. The maximum absolute atomic E-state index is 8.25. The Hall–Kier alpha value is -0.840. The first-order chi connectivity index (χ1) is 3.15. The predicted molar refractivity (Wildman–Crippen MR) is 23.1 cm³/mol. The van der Waals surface area contributed by atoms with E-state index in [1.54, 1.807) is 6.92 Å². The van der Waals surface area contributed by atoms with E-state index in [2.05, 4.69) is 0 Å². The van der Waals surface area contributed by atoms with Crippen LogP contribution in [0.1, 0.15) is 6.92 Å². The highest BCUT2D eigenvalue weighted by atomic mass is 16.9. The Bertz CT molecular complexity index is 41.0. The van der Waals surface area contributed by atoms with Crippen molar-refractivity contribution >= 4 is 0 Å². The molecule has 0 heterocycles. The zero-order chi connectivity index (χ0) is 6.28. The van der Waals surface area contributed by atoms with Gasteiger partial charge in [-0.05, 0) is 6.92 Å². The SMILES string of the molecule is CCO.O=[N+]([O-])[O-]. The Labute approximate surface area is 40.3 Å². The van der Waals surface area contributed by atoms with E-state index >= 15 is 0 Å². The zero-order valence-electron chi connectivity index (χ0n) is 3.83. The molecule has 0 bridgehead atoms. The van der Waals surface area contributed by atoms with Gasteiger partial charge in [0.15, 0.2) is 0 Å². The smallest absolute Gasteiger partial charge is 0.0689 e. The molecule has 5 heteroatoms. The normalized spacial score (nSPS) is 6.00. The highest BCUT2D eigenvalue weighted by Gasteiger charge is 1.45. The van der Waals surface area contributed by atoms with Crippen molar-refractivity contribution in [3.8, 4) is 0 Å². The van der Waals surface area contributed by atoms with Gasteiger partial charge in [0, 0.05) is 6.61 Å². The fourth-order valence-electron chi connectivity index (χ4n) is 0. The summed E-state index contributed by atoms with van der Waals surface area (Å²) in [5, 5.41) is 22.3. The van der Waals surface area contributed by atoms with E-state index in [0.717, 1.165) is 0 Å². The van der Waals surface area contributed by atoms with E-state index in [1.165, 1.54) is 0 Å². The van der Waals surface area contributed by atoms with Crippen molar-refractivity contribution in [2.75, 3.05) is 6.61 Å². The van der Waals surface area contributed by atoms with E-state index in [0.29, 0.717) is 0 Å². The van der Waals surface area contributed by atoms with E-state index < -0.39 is 5.09 Å². The average molecular weight is 108 g/mol. The van der Waals surface area contributed by atoms with Crippen molar-refractivity contribution in [1.29, 1.82) is 0 Å². The fourth-order valence-corrected chi connectivity index (χ4v) is 0. The quantitative estimate of drug-likeness (QED) is 0.342. The number of aliphatic hydroxyl groups is 1. The topological polar surface area (TPSA) is 86.4 Å². The molecule has 0 unspecified atom stereocenters. The Morgan fingerprint density at radius 3 is 1.71 bits per heavy atom. The molecule has 0 saturated heterocycles. The molecule has 1 N–H and O–H groups in total. The van der Waals surface area contributed by atoms with Crippen LogP contribution in [0.15, 0.2) is 0 Å². The molecule has 0 rings (SSSR count). The Morgan fingerprint density at radius 2 is 1.71 bits per heavy atom. The molecule has 0 radical (unpaired) electrons. The molecule has 0 spiro atoms. The molecular weight excluding hydrogens is 102 g/mol. The van der Waals surface area contributed by atoms with Crippen LogP contribution in [-0.2, 0) is 0 Å². The molecular formula is C2H6NO4-. The van der Waals surface area contributed by atoms with Crippen LogP contribution in [0.4, 0.5) is 0 Å². The van der Waals surface area contributed by atoms with Crippen LogP contribution in [-0.4, -0.2) is 16.8 Å². The summed E-state index contributed by atoms with van der Waals surface area (Å²) in [5.41, 5.74) is 0. The third-order valence-electron chi connectivity index (χ3n) is 0. The number of hydrogen-bond acceptors (Lipinski definition) is 4. The molecule has 0 fully saturated rings. The standard InChI is InChI=1S/C2H6O.NO3/c1-2-3;2-1(3)4/h3H,2H2,1H3;/q;-1. The van der Waals surface area contributed by atoms with Gasteiger partial charge in [0.1, 0.15) is 0 Å². The molecule has 0 aliphatic rings. The summed E-state index contributed by atoms with van der Waals surface area (Å²) in [5.74, 6) is 0. The van der Waals surface area contributed by atoms with Crippen LogP contribution in [0.2, 0.25) is 0 Å². The Kier molecular flexibility index (Phi) is 12.1. The van der Waals surface area contributed by atoms with Gasteiger partial charge in [0.05, 0.1) is 5.09 Å². The van der Waals surface area contributed by atoms with Crippen LogP contribution in [0, 0.1) is 15.3 Å². The summed E-state index contributed by atoms with van der Waals surface area (Å²) in [4.78, 5) is 8.25. The van der Waals surface area contributed by atoms with Crippen molar-refractivity contribution in [1.82, 2.24) is 0 Å². The minimum Gasteiger partial charge on any atom is -0.397 e. The summed E-state index contributed by atoms with van der Waals surface area (Å²) in [6.45, 7) is 1.93. The van der Waals surface area contributed by atoms with Crippen molar-refractivity contribution in [3.05, 3.63) is 15.3 Å². The van der Waals surface area contributed by atoms with Crippen LogP contribution < -0.4 is 0 Å². The lowest BCUT2D eigenvalue weighted by molar-refractivity contribution is -0.402. The summed E-state index contributed by atoms with van der Waals surface area (Å²) >= 11 is 0. The second-order valence-corrected chi connectivity index (χ2v) is 0.540. The summed E-state index contributed by atoms with van der Waals surface area (Å²) in [6.07, 6.45) is 0. The summed E-state index contributed by atoms with van der Waals surface area (Å²) in [7, 11) is 0. The third-order valence-corrected chi connectivity index (χ3v) is 0. The molecule has 0 amide bonds. The lowest BCUT2D eigenvalue weighted by Gasteiger charge is -1.74. The van der Waals surface area contributed by atoms with E-state index in [9.17, 15) is 0 Å². The Morgan fingerprint density at radius 1 is 1.71 bits per heavy atom. The van der Waals surface area contributed by atoms with E-state index in [-0.39, 0.29) is 6.61 Å². The van der Waals surface area contributed by atoms with Crippen molar-refractivity contribution in [2.45, 2.75) is 6.92 Å². The van der Waals surface area contributed by atoms with Crippen molar-refractivity contribution in [2.24, 2.45) is 0 Å². The molecule has 0 aromatic rings. The van der Waals surface area contributed by atoms with Crippen LogP contribution in [0.25, 0.3) is 0 Å². The van der Waals surface area contributed by atoms with Gasteiger partial charge in [-0.25, -0.2) is 0 Å². The highest BCUT2D eigenvalue weighted by molar-refractivity contribution is 4.03. The second kappa shape index (κ2) is 8.94. The first kappa shape index (κ1) is 9.48. The van der Waals surface area contributed by atoms with Crippen LogP contribution in [0.5, 0.6) is 0 Å². The van der Waals surface area contributed by atoms with Gasteiger partial charge in [-0.2, -0.15) is 0 Å². The van der Waals surface area contributed by atoms with Gasteiger partial charge < -0.3 is 20.4 Å². The van der Waals surface area contributed by atoms with Gasteiger partial charge in [0.25, 0.3) is 0 Å². The summed E-state index contributed by atoms with van der Waals surface area (Å²) < 4.78 is 0. The number of rotatable bonds is 0. The highest BCUT2D eigenvalue weighted by Crippen LogP contribution is 1.44. The van der Waals surface area contributed by atoms with Gasteiger partial charge in [-0.15, -0.1) is 0 Å². The number of aliphatic hydroxyl groups excluding tert-OH is 1. The third kappa shape index (κ3) is 73.0. The zero-order valence-corrected chi connectivity index (χ0v) is 3.83. The molecule has 0 aromatic heterocycles. The molecule has 0 atom stereocenters. The van der Waals surface area contributed by atoms with E-state index in [4.69, 9.17) is 20.4 Å². The van der Waals surface area contributed by atoms with Gasteiger partial charge >= 0.3 is 0 Å². The van der Waals surface area contributed by atoms with Crippen LogP contribution in [0.3, 0.4) is 0 Å². The molecule has 44 valence electrons. The van der Waals surface area contributed by atoms with Gasteiger partial charge in [-0.1, -0.05) is 0 Å². The van der Waals surface area contributed by atoms with E-state index in [1.807, 2.05) is 0 Å². The molecule has 0 aromatic carbocycles. The monoisotopic (exact) mass is 108 g/mol. The summed E-state index contributed by atoms with van der Waals surface area (Å²) in [6, 6.07) is 0. The van der Waals surface area contributed by atoms with Crippen molar-refractivity contribution in [3.63, 3.8) is 0 Å². The molecule has 0 saturated carbocycles. The predicted octanol–water partition coefficient (Wildman–Crippen LogP) is -0.241. The minimum atomic E-state index is -1.75. The molecule has 7 heavy (non-hydrogen) atoms. The Balaban J connectivity index is 0. The van der Waals surface area contributed by atoms with Gasteiger partial charge in [-0.3, -0.25) is 0 Å². The van der Waals surface area contributed by atoms with Crippen LogP contribution >= 0.6 is 0 Å². The molecule has 0 aliphatic heterocycles. The average Bonchev–Trinajstić information content (AvgIpc) is 1.33. The van der Waals surface area contributed by atoms with Gasteiger partial charge in [0.2, 0.25) is 0 Å².